The fourth-order valence-corrected chi connectivity index (χ4v) is 3.12. The van der Waals surface area contributed by atoms with Gasteiger partial charge in [-0.15, -0.1) is 0 Å². The molecule has 0 aliphatic rings. The zero-order chi connectivity index (χ0) is 23.6. The number of hydrogen-bond acceptors (Lipinski definition) is 6. The number of carbonyl (C=O) groups is 2. The quantitative estimate of drug-likeness (QED) is 0.345. The van der Waals surface area contributed by atoms with Crippen LogP contribution < -0.4 is 10.6 Å². The minimum atomic E-state index is -4.63. The van der Waals surface area contributed by atoms with Crippen molar-refractivity contribution in [3.05, 3.63) is 77.4 Å². The number of carbonyl (C=O) groups excluding carboxylic acids is 1. The van der Waals surface area contributed by atoms with Crippen molar-refractivity contribution in [2.75, 3.05) is 10.6 Å². The van der Waals surface area contributed by atoms with Gasteiger partial charge < -0.3 is 15.7 Å². The van der Waals surface area contributed by atoms with E-state index in [-0.39, 0.29) is 12.1 Å². The molecule has 0 radical (unpaired) electrons. The Bertz CT molecular complexity index is 1350. The number of alkyl halides is 3. The van der Waals surface area contributed by atoms with E-state index < -0.39 is 29.4 Å². The SMILES string of the molecule is O=C(Nc1cccc(CNc2ncnc3c(C(=O)O)cccc23)c1)c1cc(C(F)(F)F)[nH]n1. The zero-order valence-corrected chi connectivity index (χ0v) is 16.6. The number of aromatic carboxylic acids is 1. The summed E-state index contributed by atoms with van der Waals surface area (Å²) in [6.07, 6.45) is -3.37. The summed E-state index contributed by atoms with van der Waals surface area (Å²) in [5, 5.41) is 20.7. The highest BCUT2D eigenvalue weighted by Gasteiger charge is 2.33. The standard InChI is InChI=1S/C21H15F3N6O3/c22-21(23,24)16-8-15(29-30-16)19(31)28-12-4-1-3-11(7-12)9-25-18-13-5-2-6-14(20(32)33)17(13)26-10-27-18/h1-8,10H,9H2,(H,28,31)(H,29,30)(H,32,33)(H,25,26,27). The van der Waals surface area contributed by atoms with Crippen LogP contribution in [0.3, 0.4) is 0 Å². The van der Waals surface area contributed by atoms with E-state index in [1.807, 2.05) is 0 Å². The summed E-state index contributed by atoms with van der Waals surface area (Å²) in [6, 6.07) is 12.0. The highest BCUT2D eigenvalue weighted by molar-refractivity contribution is 6.04. The fraction of sp³-hybridized carbons (Fsp3) is 0.0952. The molecule has 2 aromatic heterocycles. The number of carboxylic acid groups (broad SMARTS) is 1. The Labute approximate surface area is 183 Å². The number of carboxylic acids is 1. The number of hydrogen-bond donors (Lipinski definition) is 4. The molecule has 0 saturated heterocycles. The summed E-state index contributed by atoms with van der Waals surface area (Å²) in [5.74, 6) is -1.48. The van der Waals surface area contributed by atoms with Crippen molar-refractivity contribution in [2.45, 2.75) is 12.7 Å². The predicted octanol–water partition coefficient (Wildman–Crippen LogP) is 3.93. The van der Waals surface area contributed by atoms with Gasteiger partial charge in [-0.05, 0) is 29.8 Å². The topological polar surface area (TPSA) is 133 Å². The summed E-state index contributed by atoms with van der Waals surface area (Å²) >= 11 is 0. The Hall–Kier alpha value is -4.48. The average Bonchev–Trinajstić information content (AvgIpc) is 3.29. The second kappa shape index (κ2) is 8.57. The van der Waals surface area contributed by atoms with Crippen LogP contribution in [0.2, 0.25) is 0 Å². The van der Waals surface area contributed by atoms with Gasteiger partial charge in [-0.25, -0.2) is 14.8 Å². The third-order valence-electron chi connectivity index (χ3n) is 4.66. The molecular formula is C21H15F3N6O3. The normalized spacial score (nSPS) is 11.4. The molecule has 9 nitrogen and oxygen atoms in total. The Balaban J connectivity index is 1.48. The first-order valence-corrected chi connectivity index (χ1v) is 9.46. The van der Waals surface area contributed by atoms with Gasteiger partial charge in [0.15, 0.2) is 5.69 Å². The van der Waals surface area contributed by atoms with E-state index in [4.69, 9.17) is 0 Å². The number of para-hydroxylation sites is 1. The number of H-pyrrole nitrogens is 1. The van der Waals surface area contributed by atoms with Crippen LogP contribution >= 0.6 is 0 Å². The molecule has 12 heteroatoms. The molecule has 2 heterocycles. The first-order chi connectivity index (χ1) is 15.7. The van der Waals surface area contributed by atoms with E-state index in [2.05, 4.69) is 25.7 Å². The third-order valence-corrected chi connectivity index (χ3v) is 4.66. The van der Waals surface area contributed by atoms with Gasteiger partial charge in [-0.3, -0.25) is 9.89 Å². The number of benzene rings is 2. The number of anilines is 2. The molecule has 168 valence electrons. The van der Waals surface area contributed by atoms with Crippen LogP contribution in [-0.4, -0.2) is 37.1 Å². The molecule has 2 aromatic carbocycles. The van der Waals surface area contributed by atoms with Gasteiger partial charge in [-0.2, -0.15) is 18.3 Å². The van der Waals surface area contributed by atoms with Crippen LogP contribution in [0.5, 0.6) is 0 Å². The molecule has 0 atom stereocenters. The van der Waals surface area contributed by atoms with Gasteiger partial charge >= 0.3 is 12.1 Å². The monoisotopic (exact) mass is 456 g/mol. The summed E-state index contributed by atoms with van der Waals surface area (Å²) in [7, 11) is 0. The number of aromatic amines is 1. The lowest BCUT2D eigenvalue weighted by Gasteiger charge is -2.11. The van der Waals surface area contributed by atoms with E-state index in [9.17, 15) is 27.9 Å². The molecular weight excluding hydrogens is 441 g/mol. The summed E-state index contributed by atoms with van der Waals surface area (Å²) in [6.45, 7) is 0.272. The predicted molar refractivity (Wildman–Crippen MR) is 112 cm³/mol. The van der Waals surface area contributed by atoms with Gasteiger partial charge in [0.25, 0.3) is 5.91 Å². The van der Waals surface area contributed by atoms with E-state index in [1.165, 1.54) is 12.4 Å². The molecule has 4 rings (SSSR count). The first-order valence-electron chi connectivity index (χ1n) is 9.46. The summed E-state index contributed by atoms with van der Waals surface area (Å²) < 4.78 is 38.0. The minimum Gasteiger partial charge on any atom is -0.478 e. The number of nitrogens with one attached hydrogen (secondary N) is 3. The Kier molecular flexibility index (Phi) is 5.65. The van der Waals surface area contributed by atoms with Crippen LogP contribution in [0.15, 0.2) is 54.9 Å². The minimum absolute atomic E-state index is 0.0507. The molecule has 0 unspecified atom stereocenters. The maximum Gasteiger partial charge on any atom is 0.432 e. The van der Waals surface area contributed by atoms with Crippen LogP contribution in [-0.2, 0) is 12.7 Å². The lowest BCUT2D eigenvalue weighted by molar-refractivity contribution is -0.141. The third kappa shape index (κ3) is 4.74. The number of halogens is 3. The van der Waals surface area contributed by atoms with Crippen molar-refractivity contribution in [3.63, 3.8) is 0 Å². The van der Waals surface area contributed by atoms with Crippen molar-refractivity contribution >= 4 is 34.3 Å². The molecule has 0 bridgehead atoms. The van der Waals surface area contributed by atoms with Crippen molar-refractivity contribution < 1.29 is 27.9 Å². The Morgan fingerprint density at radius 3 is 2.58 bits per heavy atom. The molecule has 4 N–H and O–H groups in total. The summed E-state index contributed by atoms with van der Waals surface area (Å²) in [4.78, 5) is 31.9. The molecule has 0 saturated carbocycles. The molecule has 0 aliphatic heterocycles. The highest BCUT2D eigenvalue weighted by Crippen LogP contribution is 2.28. The molecule has 0 spiro atoms. The number of nitrogens with zero attached hydrogens (tertiary/aromatic N) is 3. The molecule has 4 aromatic rings. The van der Waals surface area contributed by atoms with Crippen LogP contribution in [0, 0.1) is 0 Å². The lowest BCUT2D eigenvalue weighted by atomic mass is 10.1. The number of rotatable bonds is 6. The zero-order valence-electron chi connectivity index (χ0n) is 16.6. The largest absolute Gasteiger partial charge is 0.478 e. The van der Waals surface area contributed by atoms with Crippen LogP contribution in [0.1, 0.15) is 32.1 Å². The van der Waals surface area contributed by atoms with Crippen molar-refractivity contribution in [2.24, 2.45) is 0 Å². The maximum absolute atomic E-state index is 12.7. The van der Waals surface area contributed by atoms with Crippen molar-refractivity contribution in [3.8, 4) is 0 Å². The van der Waals surface area contributed by atoms with Crippen LogP contribution in [0.25, 0.3) is 10.9 Å². The van der Waals surface area contributed by atoms with E-state index >= 15 is 0 Å². The van der Waals surface area contributed by atoms with E-state index in [0.29, 0.717) is 28.5 Å². The molecule has 0 aliphatic carbocycles. The Morgan fingerprint density at radius 1 is 1.06 bits per heavy atom. The van der Waals surface area contributed by atoms with Gasteiger partial charge in [-0.1, -0.05) is 18.2 Å². The maximum atomic E-state index is 12.7. The first kappa shape index (κ1) is 21.7. The van der Waals surface area contributed by atoms with Gasteiger partial charge in [0.1, 0.15) is 17.8 Å². The highest BCUT2D eigenvalue weighted by atomic mass is 19.4. The number of amides is 1. The molecule has 1 amide bonds. The molecule has 33 heavy (non-hydrogen) atoms. The van der Waals surface area contributed by atoms with E-state index in [1.54, 1.807) is 41.5 Å². The molecule has 0 fully saturated rings. The summed E-state index contributed by atoms with van der Waals surface area (Å²) in [5.41, 5.74) is -0.0831. The van der Waals surface area contributed by atoms with Crippen molar-refractivity contribution in [1.82, 2.24) is 20.2 Å². The second-order valence-electron chi connectivity index (χ2n) is 6.90. The fourth-order valence-electron chi connectivity index (χ4n) is 3.12. The van der Waals surface area contributed by atoms with E-state index in [0.717, 1.165) is 5.56 Å². The Morgan fingerprint density at radius 2 is 1.85 bits per heavy atom. The van der Waals surface area contributed by atoms with Crippen LogP contribution in [0.4, 0.5) is 24.7 Å². The lowest BCUT2D eigenvalue weighted by Crippen LogP contribution is -2.13. The number of fused-ring (bicyclic) bond motifs is 1. The van der Waals surface area contributed by atoms with Gasteiger partial charge in [0.05, 0.1) is 11.1 Å². The second-order valence-corrected chi connectivity index (χ2v) is 6.90. The van der Waals surface area contributed by atoms with Crippen molar-refractivity contribution in [1.29, 1.82) is 0 Å². The number of aromatic nitrogens is 4. The van der Waals surface area contributed by atoms with Gasteiger partial charge in [0.2, 0.25) is 0 Å². The smallest absolute Gasteiger partial charge is 0.432 e. The average molecular weight is 456 g/mol. The van der Waals surface area contributed by atoms with Gasteiger partial charge in [0, 0.05) is 23.7 Å².